The summed E-state index contributed by atoms with van der Waals surface area (Å²) in [7, 11) is 0. The molecule has 0 saturated carbocycles. The van der Waals surface area contributed by atoms with E-state index in [2.05, 4.69) is 0 Å². The van der Waals surface area contributed by atoms with Crippen molar-refractivity contribution < 1.29 is 28.9 Å². The summed E-state index contributed by atoms with van der Waals surface area (Å²) in [6, 6.07) is 5.32. The largest absolute Gasteiger partial charge is 0.458 e. The van der Waals surface area contributed by atoms with E-state index in [4.69, 9.17) is 24.9 Å². The van der Waals surface area contributed by atoms with Crippen LogP contribution < -0.4 is 20.8 Å². The number of rotatable bonds is 6. The Labute approximate surface area is 217 Å². The average Bonchev–Trinajstić information content (AvgIpc) is 3.53. The number of carbonyl (C=O) groups excluding carboxylic acids is 2. The van der Waals surface area contributed by atoms with Crippen molar-refractivity contribution in [1.82, 2.24) is 14.5 Å². The third kappa shape index (κ3) is 3.42. The lowest BCUT2D eigenvalue weighted by Gasteiger charge is -2.31. The molecule has 0 aliphatic carbocycles. The Bertz CT molecular complexity index is 1580. The smallest absolute Gasteiger partial charge is 0.343 e. The number of hydrogen-bond acceptors (Lipinski definition) is 9. The van der Waals surface area contributed by atoms with Gasteiger partial charge in [0.25, 0.3) is 5.56 Å². The second-order valence-corrected chi connectivity index (χ2v) is 9.76. The number of fused-ring (bicyclic) bond motifs is 6. The zero-order valence-corrected chi connectivity index (χ0v) is 21.2. The highest BCUT2D eigenvalue weighted by molar-refractivity contribution is 5.92. The summed E-state index contributed by atoms with van der Waals surface area (Å²) in [5, 5.41) is 12.0. The number of aliphatic hydroxyl groups is 1. The number of nitrogens with two attached hydrogens (primary N) is 1. The van der Waals surface area contributed by atoms with Crippen LogP contribution in [0, 0.1) is 0 Å². The lowest BCUT2D eigenvalue weighted by atomic mass is 9.86. The van der Waals surface area contributed by atoms with E-state index in [9.17, 15) is 19.5 Å². The predicted octanol–water partition coefficient (Wildman–Crippen LogP) is 1.51. The summed E-state index contributed by atoms with van der Waals surface area (Å²) in [6.07, 6.45) is 0.807. The average molecular weight is 521 g/mol. The summed E-state index contributed by atoms with van der Waals surface area (Å²) in [5.74, 6) is 0.186. The molecule has 3 aromatic rings. The molecule has 3 aliphatic heterocycles. The quantitative estimate of drug-likeness (QED) is 0.361. The van der Waals surface area contributed by atoms with Crippen molar-refractivity contribution in [3.63, 3.8) is 0 Å². The molecule has 198 valence electrons. The first-order valence-corrected chi connectivity index (χ1v) is 12.7. The number of carbonyl (C=O) groups is 2. The van der Waals surface area contributed by atoms with Gasteiger partial charge in [-0.05, 0) is 30.5 Å². The normalized spacial score (nSPS) is 18.7. The number of ether oxygens (including phenoxy) is 3. The molecule has 38 heavy (non-hydrogen) atoms. The minimum absolute atomic E-state index is 0.0572. The fourth-order valence-electron chi connectivity index (χ4n) is 5.61. The molecule has 3 aliphatic rings. The van der Waals surface area contributed by atoms with E-state index in [0.29, 0.717) is 34.9 Å². The minimum Gasteiger partial charge on any atom is -0.458 e. The van der Waals surface area contributed by atoms with Gasteiger partial charge in [-0.3, -0.25) is 9.59 Å². The maximum Gasteiger partial charge on any atom is 0.343 e. The Hall–Kier alpha value is -3.96. The van der Waals surface area contributed by atoms with Crippen LogP contribution in [0.4, 0.5) is 0 Å². The highest BCUT2D eigenvalue weighted by atomic mass is 16.7. The van der Waals surface area contributed by atoms with Gasteiger partial charge in [0.15, 0.2) is 17.1 Å². The second kappa shape index (κ2) is 8.81. The van der Waals surface area contributed by atoms with Gasteiger partial charge in [0.1, 0.15) is 6.61 Å². The van der Waals surface area contributed by atoms with Gasteiger partial charge in [0, 0.05) is 35.7 Å². The van der Waals surface area contributed by atoms with Crippen LogP contribution in [-0.4, -0.2) is 51.3 Å². The van der Waals surface area contributed by atoms with E-state index in [-0.39, 0.29) is 62.0 Å². The van der Waals surface area contributed by atoms with E-state index >= 15 is 0 Å². The molecule has 6 rings (SSSR count). The molecule has 0 fully saturated rings. The first kappa shape index (κ1) is 24.4. The lowest BCUT2D eigenvalue weighted by Crippen LogP contribution is -2.44. The highest BCUT2D eigenvalue weighted by Gasteiger charge is 2.45. The maximum absolute atomic E-state index is 13.6. The molecule has 0 spiro atoms. The number of nitrogens with zero attached hydrogens (tertiary/aromatic N) is 3. The van der Waals surface area contributed by atoms with Gasteiger partial charge in [0.05, 0.1) is 35.6 Å². The second-order valence-electron chi connectivity index (χ2n) is 9.76. The summed E-state index contributed by atoms with van der Waals surface area (Å²) in [5.41, 5.74) is 7.25. The van der Waals surface area contributed by atoms with Crippen molar-refractivity contribution in [2.75, 3.05) is 19.9 Å². The fraction of sp³-hybridized carbons (Fsp3) is 0.407. The van der Waals surface area contributed by atoms with E-state index in [1.165, 1.54) is 0 Å². The topological polar surface area (TPSA) is 146 Å². The summed E-state index contributed by atoms with van der Waals surface area (Å²) in [6.45, 7) is 4.44. The molecular weight excluding hydrogens is 492 g/mol. The van der Waals surface area contributed by atoms with Gasteiger partial charge in [-0.1, -0.05) is 13.8 Å². The molecule has 2 aromatic heterocycles. The molecule has 11 heteroatoms. The van der Waals surface area contributed by atoms with E-state index in [1.54, 1.807) is 28.5 Å². The van der Waals surface area contributed by atoms with Crippen molar-refractivity contribution in [2.24, 2.45) is 5.73 Å². The van der Waals surface area contributed by atoms with Gasteiger partial charge in [-0.15, -0.1) is 0 Å². The number of amides is 1. The molecule has 1 amide bonds. The van der Waals surface area contributed by atoms with Crippen LogP contribution in [0.2, 0.25) is 0 Å². The van der Waals surface area contributed by atoms with Gasteiger partial charge in [-0.2, -0.15) is 0 Å². The van der Waals surface area contributed by atoms with E-state index in [0.717, 1.165) is 22.9 Å². The number of aromatic nitrogens is 2. The SMILES string of the molecule is CCCN(Cc1c2c(nc3cc4c(cc13)OCO4)-c1cc3c(c(=O)n1C2)COC(=O)[C@]3(O)CC)C(=O)CN. The molecule has 0 radical (unpaired) electrons. The van der Waals surface area contributed by atoms with Crippen molar-refractivity contribution in [3.8, 4) is 22.9 Å². The standard InChI is InChI=1S/C27H28N4O7/c1-3-5-30(23(32)9-28)10-15-14-6-21-22(38-13-37-21)8-19(14)29-24-16(15)11-31-20(24)7-18-17(25(31)33)12-36-26(34)27(18,35)4-2/h6-8,35H,3-5,9-13,28H2,1-2H3/t27-/m0/s1. The maximum atomic E-state index is 13.6. The summed E-state index contributed by atoms with van der Waals surface area (Å²) < 4.78 is 18.0. The summed E-state index contributed by atoms with van der Waals surface area (Å²) in [4.78, 5) is 45.5. The first-order chi connectivity index (χ1) is 18.3. The van der Waals surface area contributed by atoms with E-state index < -0.39 is 11.6 Å². The molecule has 1 atom stereocenters. The van der Waals surface area contributed by atoms with Crippen molar-refractivity contribution in [1.29, 1.82) is 0 Å². The number of cyclic esters (lactones) is 1. The van der Waals surface area contributed by atoms with Crippen LogP contribution in [0.15, 0.2) is 23.0 Å². The Balaban J connectivity index is 1.60. The predicted molar refractivity (Wildman–Crippen MR) is 135 cm³/mol. The van der Waals surface area contributed by atoms with Crippen LogP contribution in [-0.2, 0) is 39.6 Å². The Morgan fingerprint density at radius 2 is 1.92 bits per heavy atom. The highest BCUT2D eigenvalue weighted by Crippen LogP contribution is 2.43. The Morgan fingerprint density at radius 3 is 2.63 bits per heavy atom. The molecular formula is C27H28N4O7. The number of esters is 1. The number of pyridine rings is 2. The van der Waals surface area contributed by atoms with Crippen molar-refractivity contribution in [2.45, 2.75) is 52.0 Å². The fourth-order valence-corrected chi connectivity index (χ4v) is 5.61. The molecule has 0 saturated heterocycles. The molecule has 5 heterocycles. The number of benzene rings is 1. The molecule has 11 nitrogen and oxygen atoms in total. The Morgan fingerprint density at radius 1 is 1.16 bits per heavy atom. The van der Waals surface area contributed by atoms with Crippen LogP contribution in [0.3, 0.4) is 0 Å². The zero-order chi connectivity index (χ0) is 26.8. The molecule has 0 bridgehead atoms. The van der Waals surface area contributed by atoms with Crippen molar-refractivity contribution in [3.05, 3.63) is 50.8 Å². The van der Waals surface area contributed by atoms with E-state index in [1.807, 2.05) is 13.0 Å². The molecule has 0 unspecified atom stereocenters. The third-order valence-corrected chi connectivity index (χ3v) is 7.67. The molecule has 1 aromatic carbocycles. The van der Waals surface area contributed by atoms with Gasteiger partial charge >= 0.3 is 5.97 Å². The van der Waals surface area contributed by atoms with Crippen molar-refractivity contribution >= 4 is 22.8 Å². The first-order valence-electron chi connectivity index (χ1n) is 12.7. The van der Waals surface area contributed by atoms with Gasteiger partial charge < -0.3 is 34.5 Å². The van der Waals surface area contributed by atoms with Crippen LogP contribution >= 0.6 is 0 Å². The van der Waals surface area contributed by atoms with Crippen LogP contribution in [0.25, 0.3) is 22.3 Å². The monoisotopic (exact) mass is 520 g/mol. The summed E-state index contributed by atoms with van der Waals surface area (Å²) >= 11 is 0. The minimum atomic E-state index is -1.91. The zero-order valence-electron chi connectivity index (χ0n) is 21.2. The van der Waals surface area contributed by atoms with Gasteiger partial charge in [0.2, 0.25) is 12.7 Å². The van der Waals surface area contributed by atoms with Crippen LogP contribution in [0.5, 0.6) is 11.5 Å². The Kier molecular flexibility index (Phi) is 5.65. The molecule has 3 N–H and O–H groups in total. The number of hydrogen-bond donors (Lipinski definition) is 2. The lowest BCUT2D eigenvalue weighted by molar-refractivity contribution is -0.172. The van der Waals surface area contributed by atoms with Gasteiger partial charge in [-0.25, -0.2) is 9.78 Å². The third-order valence-electron chi connectivity index (χ3n) is 7.67. The van der Waals surface area contributed by atoms with Crippen LogP contribution in [0.1, 0.15) is 48.9 Å².